The van der Waals surface area contributed by atoms with E-state index in [1.165, 1.54) is 29.0 Å². The van der Waals surface area contributed by atoms with Crippen molar-refractivity contribution >= 4 is 23.6 Å². The number of amides is 2. The van der Waals surface area contributed by atoms with Crippen molar-refractivity contribution in [2.24, 2.45) is 0 Å². The number of thioether (sulfide) groups is 1. The molecule has 0 radical (unpaired) electrons. The van der Waals surface area contributed by atoms with Crippen LogP contribution in [-0.2, 0) is 17.6 Å². The van der Waals surface area contributed by atoms with E-state index < -0.39 is 29.4 Å². The first-order valence-corrected chi connectivity index (χ1v) is 13.8. The van der Waals surface area contributed by atoms with Gasteiger partial charge in [-0.2, -0.15) is 11.8 Å². The van der Waals surface area contributed by atoms with Crippen LogP contribution in [0.1, 0.15) is 45.7 Å². The van der Waals surface area contributed by atoms with Gasteiger partial charge in [0.15, 0.2) is 11.4 Å². The van der Waals surface area contributed by atoms with Crippen molar-refractivity contribution < 1.29 is 14.7 Å². The van der Waals surface area contributed by atoms with E-state index in [0.717, 1.165) is 24.0 Å². The summed E-state index contributed by atoms with van der Waals surface area (Å²) in [5, 5.41) is 12.9. The minimum absolute atomic E-state index is 0.0494. The van der Waals surface area contributed by atoms with Gasteiger partial charge < -0.3 is 10.0 Å². The molecule has 6 rings (SSSR count). The van der Waals surface area contributed by atoms with Crippen molar-refractivity contribution in [3.8, 4) is 5.75 Å². The first-order valence-electron chi connectivity index (χ1n) is 12.4. The quantitative estimate of drug-likeness (QED) is 0.576. The molecule has 0 bridgehead atoms. The topological polar surface area (TPSA) is 86.1 Å². The van der Waals surface area contributed by atoms with Gasteiger partial charge in [0, 0.05) is 12.3 Å². The lowest BCUT2D eigenvalue weighted by Crippen LogP contribution is -2.62. The van der Waals surface area contributed by atoms with Crippen LogP contribution in [0, 0.1) is 0 Å². The zero-order chi connectivity index (χ0) is 25.8. The van der Waals surface area contributed by atoms with Gasteiger partial charge in [0.1, 0.15) is 12.3 Å². The second kappa shape index (κ2) is 8.99. The summed E-state index contributed by atoms with van der Waals surface area (Å²) in [7, 11) is 0. The fourth-order valence-electron chi connectivity index (χ4n) is 6.10. The highest BCUT2D eigenvalue weighted by Gasteiger charge is 2.52. The molecule has 2 aromatic carbocycles. The van der Waals surface area contributed by atoms with Crippen LogP contribution in [0.25, 0.3) is 0 Å². The van der Waals surface area contributed by atoms with Crippen LogP contribution in [0.4, 0.5) is 0 Å². The zero-order valence-corrected chi connectivity index (χ0v) is 21.5. The van der Waals surface area contributed by atoms with Gasteiger partial charge in [-0.3, -0.25) is 29.0 Å². The van der Waals surface area contributed by atoms with Crippen molar-refractivity contribution in [2.75, 3.05) is 23.6 Å². The molecule has 2 unspecified atom stereocenters. The molecule has 37 heavy (non-hydrogen) atoms. The summed E-state index contributed by atoms with van der Waals surface area (Å²) in [6.45, 7) is 2.15. The van der Waals surface area contributed by atoms with Crippen LogP contribution < -0.4 is 10.4 Å². The van der Waals surface area contributed by atoms with Gasteiger partial charge in [-0.05, 0) is 48.3 Å². The fraction of sp³-hybridized carbons (Fsp3) is 0.321. The number of pyridine rings is 1. The summed E-state index contributed by atoms with van der Waals surface area (Å²) in [4.78, 5) is 42.8. The molecule has 0 saturated carbocycles. The molecule has 190 valence electrons. The molecule has 3 heterocycles. The van der Waals surface area contributed by atoms with E-state index in [-0.39, 0.29) is 17.6 Å². The van der Waals surface area contributed by atoms with Crippen LogP contribution in [-0.4, -0.2) is 62.3 Å². The highest BCUT2D eigenvalue weighted by Crippen LogP contribution is 2.42. The molecule has 1 aromatic heterocycles. The van der Waals surface area contributed by atoms with E-state index >= 15 is 0 Å². The predicted molar refractivity (Wildman–Crippen MR) is 142 cm³/mol. The van der Waals surface area contributed by atoms with Gasteiger partial charge in [-0.25, -0.2) is 0 Å². The van der Waals surface area contributed by atoms with Crippen molar-refractivity contribution in [2.45, 2.75) is 38.1 Å². The Morgan fingerprint density at radius 1 is 1.00 bits per heavy atom. The monoisotopic (exact) mass is 516 g/mol. The van der Waals surface area contributed by atoms with E-state index in [0.29, 0.717) is 12.3 Å². The SMILES string of the molecule is CSCC(=O)N1CC2N(C(=O)c3c(O)c(=O)ccn3N2C2c3ccccc3CCc3ccccc32)C1C. The lowest BCUT2D eigenvalue weighted by atomic mass is 9.93. The van der Waals surface area contributed by atoms with Crippen LogP contribution in [0.5, 0.6) is 5.75 Å². The minimum Gasteiger partial charge on any atom is -0.502 e. The second-order valence-corrected chi connectivity index (χ2v) is 10.6. The molecule has 3 aliphatic rings. The fourth-order valence-corrected chi connectivity index (χ4v) is 6.51. The molecule has 9 heteroatoms. The molecule has 1 aliphatic carbocycles. The molecule has 0 spiro atoms. The Balaban J connectivity index is 1.62. The number of nitrogens with zero attached hydrogens (tertiary/aromatic N) is 4. The van der Waals surface area contributed by atoms with E-state index in [4.69, 9.17) is 0 Å². The lowest BCUT2D eigenvalue weighted by molar-refractivity contribution is -0.129. The molecule has 1 fully saturated rings. The van der Waals surface area contributed by atoms with E-state index in [1.54, 1.807) is 20.7 Å². The second-order valence-electron chi connectivity index (χ2n) is 9.71. The molecule has 3 aromatic rings. The molecule has 2 amide bonds. The minimum atomic E-state index is -0.609. The highest BCUT2D eigenvalue weighted by atomic mass is 32.2. The number of benzene rings is 2. The molecule has 2 aliphatic heterocycles. The molecule has 2 atom stereocenters. The van der Waals surface area contributed by atoms with Gasteiger partial charge in [0.25, 0.3) is 5.91 Å². The third-order valence-corrected chi connectivity index (χ3v) is 8.33. The number of rotatable bonds is 3. The summed E-state index contributed by atoms with van der Waals surface area (Å²) in [5.74, 6) is -0.776. The summed E-state index contributed by atoms with van der Waals surface area (Å²) in [6, 6.07) is 17.6. The molecule has 8 nitrogen and oxygen atoms in total. The Kier molecular flexibility index (Phi) is 5.75. The molecular formula is C28H28N4O4S. The summed E-state index contributed by atoms with van der Waals surface area (Å²) in [6.07, 6.45) is 4.18. The maximum atomic E-state index is 13.8. The Labute approximate surface area is 219 Å². The van der Waals surface area contributed by atoms with Crippen molar-refractivity contribution in [3.63, 3.8) is 0 Å². The van der Waals surface area contributed by atoms with Gasteiger partial charge in [-0.1, -0.05) is 48.5 Å². The Morgan fingerprint density at radius 3 is 2.24 bits per heavy atom. The average Bonchev–Trinajstić information content (AvgIpc) is 3.15. The lowest BCUT2D eigenvalue weighted by Gasteiger charge is -2.47. The van der Waals surface area contributed by atoms with E-state index in [1.807, 2.05) is 37.4 Å². The molecular weight excluding hydrogens is 488 g/mol. The Hall–Kier alpha value is -3.72. The predicted octanol–water partition coefficient (Wildman–Crippen LogP) is 2.71. The van der Waals surface area contributed by atoms with E-state index in [2.05, 4.69) is 29.3 Å². The number of aryl methyl sites for hydroxylation is 2. The molecule has 1 saturated heterocycles. The Bertz CT molecular complexity index is 1420. The number of hydrogen-bond donors (Lipinski definition) is 1. The standard InChI is InChI=1S/C28H28N4O4S/c1-17-29(24(34)16-37-2)15-23-31(17)28(36)26-27(35)22(33)13-14-30(26)32(23)25-20-9-5-3-7-18(20)11-12-19-8-4-6-10-21(19)25/h3-10,13-14,17,23,25,35H,11-12,15-16H2,1-2H3. The maximum absolute atomic E-state index is 13.8. The van der Waals surface area contributed by atoms with Gasteiger partial charge in [0.05, 0.1) is 18.3 Å². The van der Waals surface area contributed by atoms with Gasteiger partial charge >= 0.3 is 0 Å². The normalized spacial score (nSPS) is 20.7. The van der Waals surface area contributed by atoms with Crippen LogP contribution in [0.15, 0.2) is 65.6 Å². The first kappa shape index (κ1) is 23.7. The van der Waals surface area contributed by atoms with Crippen LogP contribution in [0.3, 0.4) is 0 Å². The summed E-state index contributed by atoms with van der Waals surface area (Å²) >= 11 is 1.44. The third kappa shape index (κ3) is 3.55. The number of aromatic nitrogens is 1. The van der Waals surface area contributed by atoms with E-state index in [9.17, 15) is 19.5 Å². The van der Waals surface area contributed by atoms with Crippen molar-refractivity contribution in [3.05, 3.63) is 99.0 Å². The summed E-state index contributed by atoms with van der Waals surface area (Å²) < 4.78 is 1.64. The number of hydrogen-bond acceptors (Lipinski definition) is 6. The Morgan fingerprint density at radius 2 is 1.62 bits per heavy atom. The number of carbonyl (C=O) groups excluding carboxylic acids is 2. The van der Waals surface area contributed by atoms with Crippen molar-refractivity contribution in [1.29, 1.82) is 0 Å². The van der Waals surface area contributed by atoms with Gasteiger partial charge in [0.2, 0.25) is 11.3 Å². The van der Waals surface area contributed by atoms with Crippen LogP contribution in [0.2, 0.25) is 0 Å². The maximum Gasteiger partial charge on any atom is 0.279 e. The van der Waals surface area contributed by atoms with Gasteiger partial charge in [-0.15, -0.1) is 0 Å². The van der Waals surface area contributed by atoms with Crippen molar-refractivity contribution in [1.82, 2.24) is 14.5 Å². The summed E-state index contributed by atoms with van der Waals surface area (Å²) in [5.41, 5.74) is 3.94. The first-order chi connectivity index (χ1) is 17.9. The third-order valence-electron chi connectivity index (χ3n) is 7.80. The average molecular weight is 517 g/mol. The molecule has 1 N–H and O–H groups in total. The number of aromatic hydroxyl groups is 1. The number of carbonyl (C=O) groups is 2. The highest BCUT2D eigenvalue weighted by molar-refractivity contribution is 7.99. The largest absolute Gasteiger partial charge is 0.502 e. The zero-order valence-electron chi connectivity index (χ0n) is 20.7. The number of fused-ring (bicyclic) bond motifs is 4. The van der Waals surface area contributed by atoms with Crippen LogP contribution >= 0.6 is 11.8 Å². The smallest absolute Gasteiger partial charge is 0.279 e.